The van der Waals surface area contributed by atoms with Gasteiger partial charge < -0.3 is 5.32 Å². The Balaban J connectivity index is 2.45. The van der Waals surface area contributed by atoms with Crippen LogP contribution in [0.1, 0.15) is 25.8 Å². The molecule has 1 aromatic rings. The third-order valence-corrected chi connectivity index (χ3v) is 5.77. The molecule has 1 saturated heterocycles. The largest absolute Gasteiger partial charge is 0.316 e. The molecule has 0 bridgehead atoms. The predicted molar refractivity (Wildman–Crippen MR) is 81.3 cm³/mol. The average molecular weight is 335 g/mol. The lowest BCUT2D eigenvalue weighted by atomic mass is 9.93. The van der Waals surface area contributed by atoms with E-state index in [0.29, 0.717) is 13.1 Å². The number of benzene rings is 1. The van der Waals surface area contributed by atoms with Crippen LogP contribution in [0, 0.1) is 11.2 Å². The fourth-order valence-electron chi connectivity index (χ4n) is 2.53. The minimum absolute atomic E-state index is 0.0874. The van der Waals surface area contributed by atoms with Crippen molar-refractivity contribution in [1.82, 2.24) is 9.62 Å². The number of nitrogens with one attached hydrogen (secondary N) is 1. The first-order valence-corrected chi connectivity index (χ1v) is 8.62. The molecule has 21 heavy (non-hydrogen) atoms. The van der Waals surface area contributed by atoms with Gasteiger partial charge >= 0.3 is 0 Å². The van der Waals surface area contributed by atoms with E-state index in [0.717, 1.165) is 6.42 Å². The second-order valence-electron chi connectivity index (χ2n) is 6.16. The molecule has 1 aromatic carbocycles. The van der Waals surface area contributed by atoms with Crippen molar-refractivity contribution in [1.29, 1.82) is 0 Å². The van der Waals surface area contributed by atoms with E-state index in [4.69, 9.17) is 11.6 Å². The van der Waals surface area contributed by atoms with Gasteiger partial charge in [0.15, 0.2) is 0 Å². The van der Waals surface area contributed by atoms with Gasteiger partial charge in [-0.15, -0.1) is 0 Å². The van der Waals surface area contributed by atoms with Crippen molar-refractivity contribution < 1.29 is 12.8 Å². The summed E-state index contributed by atoms with van der Waals surface area (Å²) < 4.78 is 41.1. The van der Waals surface area contributed by atoms with E-state index in [9.17, 15) is 12.8 Å². The third-order valence-electron chi connectivity index (χ3n) is 3.71. The van der Waals surface area contributed by atoms with Crippen LogP contribution >= 0.6 is 11.6 Å². The lowest BCUT2D eigenvalue weighted by molar-refractivity contribution is 0.374. The summed E-state index contributed by atoms with van der Waals surface area (Å²) in [7, 11) is -2.19. The normalized spacial score (nSPS) is 19.1. The fraction of sp³-hybridized carbons (Fsp3) is 0.571. The smallest absolute Gasteiger partial charge is 0.246 e. The van der Waals surface area contributed by atoms with Crippen molar-refractivity contribution in [3.05, 3.63) is 28.5 Å². The van der Waals surface area contributed by atoms with Crippen LogP contribution in [-0.4, -0.2) is 32.9 Å². The monoisotopic (exact) mass is 334 g/mol. The molecule has 0 spiro atoms. The minimum atomic E-state index is -3.86. The average Bonchev–Trinajstić information content (AvgIpc) is 2.74. The molecule has 4 nitrogen and oxygen atoms in total. The van der Waals surface area contributed by atoms with Crippen LogP contribution in [0.5, 0.6) is 0 Å². The molecule has 0 aromatic heterocycles. The van der Waals surface area contributed by atoms with Crippen molar-refractivity contribution >= 4 is 21.6 Å². The van der Waals surface area contributed by atoms with Crippen LogP contribution in [0.4, 0.5) is 4.39 Å². The molecule has 1 aliphatic rings. The highest BCUT2D eigenvalue weighted by Crippen LogP contribution is 2.34. The Morgan fingerprint density at radius 3 is 2.62 bits per heavy atom. The molecule has 0 amide bonds. The zero-order chi connectivity index (χ0) is 15.8. The standard InChI is InChI=1S/C14H20ClFN2O2S/c1-14(2)4-5-18(9-14)21(19,20)12-7-11(15)6-10(8-17-3)13(12)16/h6-7,17H,4-5,8-9H2,1-3H3. The summed E-state index contributed by atoms with van der Waals surface area (Å²) >= 11 is 5.95. The summed E-state index contributed by atoms with van der Waals surface area (Å²) in [6.45, 7) is 5.03. The second-order valence-corrected chi connectivity index (χ2v) is 8.50. The van der Waals surface area contributed by atoms with Crippen LogP contribution in [0.3, 0.4) is 0 Å². The number of hydrogen-bond acceptors (Lipinski definition) is 3. The van der Waals surface area contributed by atoms with E-state index in [2.05, 4.69) is 5.32 Å². The van der Waals surface area contributed by atoms with Gasteiger partial charge in [0.05, 0.1) is 0 Å². The molecule has 0 saturated carbocycles. The van der Waals surface area contributed by atoms with Gasteiger partial charge in [-0.25, -0.2) is 12.8 Å². The quantitative estimate of drug-likeness (QED) is 0.920. The first-order valence-electron chi connectivity index (χ1n) is 6.80. The molecule has 0 radical (unpaired) electrons. The summed E-state index contributed by atoms with van der Waals surface area (Å²) in [6.07, 6.45) is 0.762. The first kappa shape index (κ1) is 16.7. The van der Waals surface area contributed by atoms with Crippen molar-refractivity contribution in [3.8, 4) is 0 Å². The van der Waals surface area contributed by atoms with E-state index in [1.54, 1.807) is 7.05 Å². The highest BCUT2D eigenvalue weighted by Gasteiger charge is 2.38. The molecule has 1 heterocycles. The van der Waals surface area contributed by atoms with Gasteiger partial charge in [0.2, 0.25) is 10.0 Å². The zero-order valence-corrected chi connectivity index (χ0v) is 14.0. The first-order chi connectivity index (χ1) is 9.67. The maximum absolute atomic E-state index is 14.5. The molecule has 1 N–H and O–H groups in total. The number of halogens is 2. The van der Waals surface area contributed by atoms with Gasteiger partial charge in [0, 0.05) is 30.2 Å². The molecule has 1 aliphatic heterocycles. The lowest BCUT2D eigenvalue weighted by Gasteiger charge is -2.20. The Hall–Kier alpha value is -0.690. The zero-order valence-electron chi connectivity index (χ0n) is 12.4. The topological polar surface area (TPSA) is 49.4 Å². The van der Waals surface area contributed by atoms with Crippen LogP contribution in [0.15, 0.2) is 17.0 Å². The number of rotatable bonds is 4. The number of nitrogens with zero attached hydrogens (tertiary/aromatic N) is 1. The third kappa shape index (κ3) is 3.39. The molecular formula is C14H20ClFN2O2S. The second kappa shape index (κ2) is 5.83. The van der Waals surface area contributed by atoms with Crippen LogP contribution in [-0.2, 0) is 16.6 Å². The maximum atomic E-state index is 14.5. The lowest BCUT2D eigenvalue weighted by Crippen LogP contribution is -2.31. The summed E-state index contributed by atoms with van der Waals surface area (Å²) in [5, 5.41) is 3.03. The predicted octanol–water partition coefficient (Wildman–Crippen LogP) is 2.62. The van der Waals surface area contributed by atoms with Gasteiger partial charge in [0.25, 0.3) is 0 Å². The summed E-state index contributed by atoms with van der Waals surface area (Å²) in [5.74, 6) is -0.724. The van der Waals surface area contributed by atoms with Crippen molar-refractivity contribution in [2.24, 2.45) is 5.41 Å². The van der Waals surface area contributed by atoms with Gasteiger partial charge in [-0.1, -0.05) is 25.4 Å². The van der Waals surface area contributed by atoms with Gasteiger partial charge in [-0.2, -0.15) is 4.31 Å². The summed E-state index contributed by atoms with van der Waals surface area (Å²) in [4.78, 5) is -0.335. The van der Waals surface area contributed by atoms with Gasteiger partial charge in [-0.05, 0) is 31.0 Å². The minimum Gasteiger partial charge on any atom is -0.316 e. The summed E-state index contributed by atoms with van der Waals surface area (Å²) in [6, 6.07) is 2.64. The van der Waals surface area contributed by atoms with E-state index < -0.39 is 15.8 Å². The molecule has 0 unspecified atom stereocenters. The van der Waals surface area contributed by atoms with E-state index in [1.165, 1.54) is 16.4 Å². The van der Waals surface area contributed by atoms with Gasteiger partial charge in [0.1, 0.15) is 10.7 Å². The highest BCUT2D eigenvalue weighted by molar-refractivity contribution is 7.89. The van der Waals surface area contributed by atoms with Gasteiger partial charge in [-0.3, -0.25) is 0 Å². The fourth-order valence-corrected chi connectivity index (χ4v) is 4.60. The highest BCUT2D eigenvalue weighted by atomic mass is 35.5. The molecule has 118 valence electrons. The Bertz CT molecular complexity index is 647. The van der Waals surface area contributed by atoms with E-state index in [-0.39, 0.29) is 27.4 Å². The molecule has 7 heteroatoms. The molecule has 1 fully saturated rings. The number of sulfonamides is 1. The van der Waals surface area contributed by atoms with E-state index in [1.807, 2.05) is 13.8 Å². The molecular weight excluding hydrogens is 315 g/mol. The molecule has 0 aliphatic carbocycles. The molecule has 2 rings (SSSR count). The van der Waals surface area contributed by atoms with Crippen LogP contribution in [0.2, 0.25) is 5.02 Å². The Labute approximate surface area is 130 Å². The van der Waals surface area contributed by atoms with E-state index >= 15 is 0 Å². The Morgan fingerprint density at radius 2 is 2.10 bits per heavy atom. The maximum Gasteiger partial charge on any atom is 0.246 e. The van der Waals surface area contributed by atoms with Crippen LogP contribution in [0.25, 0.3) is 0 Å². The van der Waals surface area contributed by atoms with Crippen LogP contribution < -0.4 is 5.32 Å². The number of hydrogen-bond donors (Lipinski definition) is 1. The molecule has 0 atom stereocenters. The van der Waals surface area contributed by atoms with Crippen molar-refractivity contribution in [3.63, 3.8) is 0 Å². The van der Waals surface area contributed by atoms with Crippen molar-refractivity contribution in [2.75, 3.05) is 20.1 Å². The van der Waals surface area contributed by atoms with Crippen molar-refractivity contribution in [2.45, 2.75) is 31.7 Å². The summed E-state index contributed by atoms with van der Waals surface area (Å²) in [5.41, 5.74) is 0.165. The Morgan fingerprint density at radius 1 is 1.43 bits per heavy atom. The SMILES string of the molecule is CNCc1cc(Cl)cc(S(=O)(=O)N2CCC(C)(C)C2)c1F. The Kier molecular flexibility index (Phi) is 4.63.